The van der Waals surface area contributed by atoms with Crippen molar-refractivity contribution in [2.75, 3.05) is 6.61 Å². The van der Waals surface area contributed by atoms with Crippen LogP contribution in [-0.2, 0) is 49.1 Å². The molecule has 0 radical (unpaired) electrons. The molecule has 33 rings (SSSR count). The summed E-state index contributed by atoms with van der Waals surface area (Å²) in [5.41, 5.74) is -1.01. The summed E-state index contributed by atoms with van der Waals surface area (Å²) in [6, 6.07) is 0. The van der Waals surface area contributed by atoms with E-state index in [2.05, 4.69) is 19.2 Å². The van der Waals surface area contributed by atoms with Gasteiger partial charge in [-0.05, 0) is 377 Å². The maximum atomic E-state index is 18.5. The monoisotopic (exact) mass is 1400 g/mol. The van der Waals surface area contributed by atoms with Crippen LogP contribution >= 0.6 is 0 Å². The van der Waals surface area contributed by atoms with E-state index in [1.807, 2.05) is 0 Å². The highest BCUT2D eigenvalue weighted by molar-refractivity contribution is 6.82. The number of carbonyl (C=O) groups is 6. The molecular formula is C96H61NO11. The second-order valence-electron chi connectivity index (χ2n) is 36.6. The van der Waals surface area contributed by atoms with Crippen molar-refractivity contribution in [3.05, 3.63) is 22.3 Å². The summed E-state index contributed by atoms with van der Waals surface area (Å²) in [5, 5.41) is 109. The minimum Gasteiger partial charge on any atom is -0.481 e. The Morgan fingerprint density at radius 2 is 0.528 bits per heavy atom. The Bertz CT molecular complexity index is 7870. The van der Waals surface area contributed by atoms with Gasteiger partial charge in [0.05, 0.1) is 17.4 Å². The zero-order chi connectivity index (χ0) is 70.3. The lowest BCUT2D eigenvalue weighted by Gasteiger charge is -2.34. The minimum atomic E-state index is -1.92. The van der Waals surface area contributed by atoms with E-state index in [1.165, 1.54) is 339 Å². The number of amides is 1. The molecule has 28 aromatic rings. The maximum absolute atomic E-state index is 18.5. The number of unbranched alkanes of at least 4 members (excludes halogenated alkanes) is 12. The fourth-order valence-corrected chi connectivity index (χ4v) is 30.9. The van der Waals surface area contributed by atoms with Crippen molar-refractivity contribution in [1.82, 2.24) is 5.32 Å². The fraction of sp³-hybridized carbons (Fsp3) is 0.333. The van der Waals surface area contributed by atoms with Crippen LogP contribution < -0.4 is 5.32 Å². The summed E-state index contributed by atoms with van der Waals surface area (Å²) >= 11 is 0. The lowest BCUT2D eigenvalue weighted by atomic mass is 9.68. The first-order valence-electron chi connectivity index (χ1n) is 41.0. The van der Waals surface area contributed by atoms with Crippen LogP contribution in [-0.4, -0.2) is 69.3 Å². The van der Waals surface area contributed by atoms with E-state index in [1.54, 1.807) is 0 Å². The van der Waals surface area contributed by atoms with Crippen LogP contribution in [0.2, 0.25) is 0 Å². The number of carboxylic acid groups (broad SMARTS) is 3. The zero-order valence-electron chi connectivity index (χ0n) is 59.4. The largest absolute Gasteiger partial charge is 0.481 e. The summed E-state index contributed by atoms with van der Waals surface area (Å²) < 4.78 is 15.1. The van der Waals surface area contributed by atoms with Crippen molar-refractivity contribution in [1.29, 1.82) is 0 Å². The highest BCUT2D eigenvalue weighted by Crippen LogP contribution is 2.97. The first kappa shape index (κ1) is 54.8. The standard InChI is InChI=1S/C96H61NO11/c1-3-5-7-9-11-14-18-28(19-15-12-10-8-6-4-2)108-92(106)96(91(105)107-27-17-13-16-20-29(98)97-93(24-21-30(99)100,25-22-31(101)102)26-23-32(103)104)94-87-79-71-61-51-43-35-33-34-37-41-39(35)47-55-49(41)59-53-45(37)46-38(34)42-40-36(33)44(43)52-58-48(40)56-50(42)60-54(46)64-63(53)73-67(59)77-69(55)75(65(71)57(47)51)83(87)85(77)89-81(73)82-74(64)68(60)78-70(56)76-66(58)72(62(52)61)80(79)88(94)84(76)86(78)90(82)95(89,94)96/h28H,3-27H2,1-2H3,(H,97,98)(H,99,100)(H,101,102)(H,103,104). The van der Waals surface area contributed by atoms with Gasteiger partial charge in [0, 0.05) is 31.2 Å². The summed E-state index contributed by atoms with van der Waals surface area (Å²) in [6.07, 6.45) is 14.0. The number of benzene rings is 18. The molecular weight excluding hydrogens is 1340 g/mol. The average molecular weight is 1400 g/mol. The summed E-state index contributed by atoms with van der Waals surface area (Å²) in [6.45, 7) is 4.51. The van der Waals surface area contributed by atoms with Crippen molar-refractivity contribution < 1.29 is 53.6 Å². The van der Waals surface area contributed by atoms with Gasteiger partial charge in [0.15, 0.2) is 5.41 Å². The SMILES string of the molecule is CCCCCCCCC(CCCCCCCC)OC(=O)C1(C(=O)OCCCCCC(=O)NC(CCC(=O)O)(CCC(=O)O)CCC(=O)O)C23c4c5c6c7c8c9c(c%10c%11c2c2c4c4c%12c5c5c6c6c8c8c%13c9c9c%10c%10c%11c%11c2c2c4c4c%12c%12c5c5c6c8c6c8c%13c9c9c%10c%10c%11c2c2c4c4c%12c5c6c5c8c9c%10c2c45)C713. The second-order valence-corrected chi connectivity index (χ2v) is 36.6. The molecule has 0 atom stereocenters. The highest BCUT2D eigenvalue weighted by Gasteiger charge is 3.01. The Labute approximate surface area is 606 Å². The Kier molecular flexibility index (Phi) is 7.94. The number of carbonyl (C=O) groups excluding carboxylic acids is 3. The van der Waals surface area contributed by atoms with Gasteiger partial charge in [0.1, 0.15) is 6.10 Å². The maximum Gasteiger partial charge on any atom is 0.326 e. The van der Waals surface area contributed by atoms with E-state index >= 15 is 9.59 Å². The van der Waals surface area contributed by atoms with Crippen LogP contribution in [0.25, 0.3) is 291 Å². The molecule has 1 fully saturated rings. The molecule has 0 heterocycles. The number of esters is 2. The first-order valence-corrected chi connectivity index (χ1v) is 41.0. The number of aliphatic carboxylic acids is 3. The van der Waals surface area contributed by atoms with Crippen molar-refractivity contribution in [2.24, 2.45) is 5.41 Å². The number of ether oxygens (including phenoxy) is 2. The third kappa shape index (κ3) is 4.33. The van der Waals surface area contributed by atoms with Gasteiger partial charge in [0.2, 0.25) is 5.91 Å². The zero-order valence-corrected chi connectivity index (χ0v) is 59.4. The van der Waals surface area contributed by atoms with Crippen molar-refractivity contribution in [3.63, 3.8) is 0 Å². The number of hydrogen-bond donors (Lipinski definition) is 4. The molecule has 28 aromatic carbocycles. The van der Waals surface area contributed by atoms with Crippen LogP contribution in [0.1, 0.15) is 190 Å². The van der Waals surface area contributed by atoms with Gasteiger partial charge >= 0.3 is 29.8 Å². The molecule has 0 aliphatic heterocycles. The molecule has 0 aromatic heterocycles. The second kappa shape index (κ2) is 15.7. The number of rotatable bonds is 33. The number of hydrogen-bond acceptors (Lipinski definition) is 8. The van der Waals surface area contributed by atoms with E-state index in [0.717, 1.165) is 64.2 Å². The first-order chi connectivity index (χ1) is 52.9. The molecule has 12 nitrogen and oxygen atoms in total. The molecule has 1 saturated carbocycles. The summed E-state index contributed by atoms with van der Waals surface area (Å²) in [5.74, 6) is -4.74. The van der Waals surface area contributed by atoms with E-state index < -0.39 is 63.6 Å². The Morgan fingerprint density at radius 1 is 0.296 bits per heavy atom. The lowest BCUT2D eigenvalue weighted by Crippen LogP contribution is -2.49. The van der Waals surface area contributed by atoms with Crippen LogP contribution in [0.5, 0.6) is 0 Å². The molecule has 108 heavy (non-hydrogen) atoms. The van der Waals surface area contributed by atoms with E-state index in [4.69, 9.17) is 9.47 Å². The lowest BCUT2D eigenvalue weighted by molar-refractivity contribution is -0.170. The summed E-state index contributed by atoms with van der Waals surface area (Å²) in [7, 11) is 0. The molecule has 2 spiro atoms. The number of carboxylic acids is 3. The predicted octanol–water partition coefficient (Wildman–Crippen LogP) is 23.3. The molecule has 0 unspecified atom stereocenters. The molecule has 0 bridgehead atoms. The van der Waals surface area contributed by atoms with Crippen LogP contribution in [0.3, 0.4) is 0 Å². The third-order valence-corrected chi connectivity index (χ3v) is 33.2. The van der Waals surface area contributed by atoms with E-state index in [-0.39, 0.29) is 51.6 Å². The van der Waals surface area contributed by atoms with Gasteiger partial charge < -0.3 is 30.1 Å². The quantitative estimate of drug-likeness (QED) is 0.0132. The van der Waals surface area contributed by atoms with Gasteiger partial charge in [-0.3, -0.25) is 28.8 Å². The third-order valence-electron chi connectivity index (χ3n) is 33.2. The smallest absolute Gasteiger partial charge is 0.326 e. The van der Waals surface area contributed by atoms with E-state index in [0.29, 0.717) is 19.3 Å². The fourth-order valence-electron chi connectivity index (χ4n) is 30.9. The highest BCUT2D eigenvalue weighted by atomic mass is 16.6. The molecule has 12 heteroatoms. The van der Waals surface area contributed by atoms with E-state index in [9.17, 15) is 34.5 Å². The molecule has 4 N–H and O–H groups in total. The normalized spacial score (nSPS) is 19.9. The molecule has 5 aliphatic rings. The van der Waals surface area contributed by atoms with Crippen LogP contribution in [0, 0.1) is 5.41 Å². The van der Waals surface area contributed by atoms with Gasteiger partial charge in [-0.2, -0.15) is 0 Å². The molecule has 5 aliphatic carbocycles. The minimum absolute atomic E-state index is 0.00192. The van der Waals surface area contributed by atoms with Crippen LogP contribution in [0.4, 0.5) is 0 Å². The summed E-state index contributed by atoms with van der Waals surface area (Å²) in [4.78, 5) is 86.9. The van der Waals surface area contributed by atoms with Gasteiger partial charge in [0.25, 0.3) is 0 Å². The molecule has 0 saturated heterocycles. The number of nitrogens with one attached hydrogen (secondary N) is 1. The van der Waals surface area contributed by atoms with Crippen LogP contribution in [0.15, 0.2) is 0 Å². The Morgan fingerprint density at radius 3 is 0.778 bits per heavy atom. The van der Waals surface area contributed by atoms with Crippen molar-refractivity contribution in [2.45, 2.75) is 190 Å². The van der Waals surface area contributed by atoms with Crippen molar-refractivity contribution >= 4 is 327 Å². The van der Waals surface area contributed by atoms with Gasteiger partial charge in [-0.15, -0.1) is 0 Å². The topological polar surface area (TPSA) is 194 Å². The van der Waals surface area contributed by atoms with Gasteiger partial charge in [-0.1, -0.05) is 78.1 Å². The predicted molar refractivity (Wildman–Crippen MR) is 433 cm³/mol. The Balaban J connectivity index is 0.687. The van der Waals surface area contributed by atoms with Gasteiger partial charge in [-0.25, -0.2) is 0 Å². The average Bonchev–Trinajstić information content (AvgIpc) is 1.35. The van der Waals surface area contributed by atoms with Crippen molar-refractivity contribution in [3.8, 4) is 0 Å². The Hall–Kier alpha value is -10.7. The molecule has 516 valence electrons. The molecule has 1 amide bonds.